The Labute approximate surface area is 89.4 Å². The molecule has 82 valence electrons. The minimum absolute atomic E-state index is 0.291. The molecule has 0 radical (unpaired) electrons. The summed E-state index contributed by atoms with van der Waals surface area (Å²) in [4.78, 5) is 16.1. The Bertz CT molecular complexity index is 301. The van der Waals surface area contributed by atoms with Crippen LogP contribution in [0.2, 0.25) is 0 Å². The van der Waals surface area contributed by atoms with Crippen molar-refractivity contribution >= 4 is 5.91 Å². The number of nitrogens with one attached hydrogen (secondary N) is 1. The fourth-order valence-electron chi connectivity index (χ4n) is 1.18. The fourth-order valence-corrected chi connectivity index (χ4v) is 1.18. The average Bonchev–Trinajstić information content (AvgIpc) is 2.27. The zero-order chi connectivity index (χ0) is 11.1. The van der Waals surface area contributed by atoms with Gasteiger partial charge in [-0.25, -0.2) is 5.48 Å². The van der Waals surface area contributed by atoms with Crippen molar-refractivity contribution < 1.29 is 9.63 Å². The molecule has 0 aliphatic rings. The highest BCUT2D eigenvalue weighted by Gasteiger charge is 2.13. The van der Waals surface area contributed by atoms with Crippen LogP contribution in [0.15, 0.2) is 30.3 Å². The maximum absolute atomic E-state index is 11.3. The molecule has 0 unspecified atom stereocenters. The fraction of sp³-hybridized carbons (Fsp3) is 0.364. The van der Waals surface area contributed by atoms with Gasteiger partial charge in [0.15, 0.2) is 0 Å². The van der Waals surface area contributed by atoms with Crippen molar-refractivity contribution in [3.8, 4) is 0 Å². The molecule has 0 spiro atoms. The van der Waals surface area contributed by atoms with Crippen LogP contribution in [0.4, 0.5) is 0 Å². The molecule has 0 aliphatic heterocycles. The van der Waals surface area contributed by atoms with Crippen molar-refractivity contribution in [3.05, 3.63) is 35.9 Å². The summed E-state index contributed by atoms with van der Waals surface area (Å²) < 4.78 is 0. The van der Waals surface area contributed by atoms with Crippen LogP contribution in [0.25, 0.3) is 0 Å². The number of hydroxylamine groups is 1. The van der Waals surface area contributed by atoms with Crippen molar-refractivity contribution in [3.63, 3.8) is 0 Å². The zero-order valence-corrected chi connectivity index (χ0v) is 8.77. The molecular weight excluding hydrogens is 192 g/mol. The third kappa shape index (κ3) is 4.10. The lowest BCUT2D eigenvalue weighted by Gasteiger charge is -2.11. The molecular formula is C11H16N2O2. The maximum Gasteiger partial charge on any atom is 0.260 e. The highest BCUT2D eigenvalue weighted by Crippen LogP contribution is 2.01. The first-order valence-electron chi connectivity index (χ1n) is 4.95. The van der Waals surface area contributed by atoms with Gasteiger partial charge in [-0.3, -0.25) is 9.63 Å². The molecule has 0 fully saturated rings. The summed E-state index contributed by atoms with van der Waals surface area (Å²) in [7, 11) is 0. The molecule has 1 amide bonds. The minimum Gasteiger partial charge on any atom is -0.320 e. The van der Waals surface area contributed by atoms with Crippen LogP contribution in [0.5, 0.6) is 0 Å². The van der Waals surface area contributed by atoms with Gasteiger partial charge >= 0.3 is 0 Å². The van der Waals surface area contributed by atoms with E-state index in [1.54, 1.807) is 6.92 Å². The number of hydrogen-bond acceptors (Lipinski definition) is 3. The molecule has 0 saturated heterocycles. The Morgan fingerprint density at radius 1 is 1.47 bits per heavy atom. The molecule has 0 heterocycles. The first kappa shape index (κ1) is 11.7. The van der Waals surface area contributed by atoms with E-state index in [-0.39, 0.29) is 5.91 Å². The normalized spacial score (nSPS) is 12.1. The Balaban J connectivity index is 2.41. The van der Waals surface area contributed by atoms with E-state index in [2.05, 4.69) is 5.48 Å². The van der Waals surface area contributed by atoms with Gasteiger partial charge in [0.1, 0.15) is 0 Å². The number of carbonyl (C=O) groups is 1. The van der Waals surface area contributed by atoms with Gasteiger partial charge < -0.3 is 5.73 Å². The van der Waals surface area contributed by atoms with Gasteiger partial charge in [0.05, 0.1) is 12.6 Å². The molecule has 1 rings (SSSR count). The monoisotopic (exact) mass is 208 g/mol. The molecule has 3 N–H and O–H groups in total. The van der Waals surface area contributed by atoms with E-state index in [0.717, 1.165) is 5.56 Å². The van der Waals surface area contributed by atoms with E-state index >= 15 is 0 Å². The first-order chi connectivity index (χ1) is 7.24. The van der Waals surface area contributed by atoms with Crippen molar-refractivity contribution in [2.24, 2.45) is 5.73 Å². The Morgan fingerprint density at radius 3 is 2.73 bits per heavy atom. The molecule has 1 aromatic carbocycles. The lowest BCUT2D eigenvalue weighted by atomic mass is 10.1. The molecule has 1 aromatic rings. The number of amides is 1. The lowest BCUT2D eigenvalue weighted by Crippen LogP contribution is -2.41. The third-order valence-corrected chi connectivity index (χ3v) is 1.95. The van der Waals surface area contributed by atoms with Crippen LogP contribution in [-0.4, -0.2) is 18.6 Å². The van der Waals surface area contributed by atoms with Crippen molar-refractivity contribution in [1.82, 2.24) is 5.48 Å². The topological polar surface area (TPSA) is 64.3 Å². The quantitative estimate of drug-likeness (QED) is 0.697. The highest BCUT2D eigenvalue weighted by molar-refractivity contribution is 5.80. The highest BCUT2D eigenvalue weighted by atomic mass is 16.6. The van der Waals surface area contributed by atoms with Gasteiger partial charge in [-0.2, -0.15) is 0 Å². The third-order valence-electron chi connectivity index (χ3n) is 1.95. The average molecular weight is 208 g/mol. The molecule has 4 nitrogen and oxygen atoms in total. The van der Waals surface area contributed by atoms with Crippen LogP contribution in [0.3, 0.4) is 0 Å². The number of benzene rings is 1. The first-order valence-corrected chi connectivity index (χ1v) is 4.95. The molecule has 0 aliphatic carbocycles. The molecule has 0 aromatic heterocycles. The van der Waals surface area contributed by atoms with E-state index in [1.165, 1.54) is 0 Å². The predicted octanol–water partition coefficient (Wildman–Crippen LogP) is 0.624. The number of rotatable bonds is 5. The molecule has 0 saturated carbocycles. The van der Waals surface area contributed by atoms with E-state index in [9.17, 15) is 4.79 Å². The maximum atomic E-state index is 11.3. The van der Waals surface area contributed by atoms with E-state index < -0.39 is 6.04 Å². The Hall–Kier alpha value is -1.39. The van der Waals surface area contributed by atoms with Crippen LogP contribution in [0.1, 0.15) is 12.5 Å². The van der Waals surface area contributed by atoms with Gasteiger partial charge in [0, 0.05) is 0 Å². The largest absolute Gasteiger partial charge is 0.320 e. The minimum atomic E-state index is -0.570. The van der Waals surface area contributed by atoms with Crippen LogP contribution in [0, 0.1) is 0 Å². The summed E-state index contributed by atoms with van der Waals surface area (Å²) in [6, 6.07) is 9.07. The molecule has 1 atom stereocenters. The number of hydrogen-bond donors (Lipinski definition) is 2. The Kier molecular flexibility index (Phi) is 4.80. The standard InChI is InChI=1S/C11H16N2O2/c1-2-15-13-11(14)10(12)8-9-6-4-3-5-7-9/h3-7,10H,2,8,12H2,1H3,(H,13,14)/t10-/m0/s1. The van der Waals surface area contributed by atoms with Gasteiger partial charge in [-0.15, -0.1) is 0 Å². The SMILES string of the molecule is CCONC(=O)[C@@H](N)Cc1ccccc1. The second-order valence-electron chi connectivity index (χ2n) is 3.20. The van der Waals surface area contributed by atoms with Gasteiger partial charge in [0.25, 0.3) is 5.91 Å². The van der Waals surface area contributed by atoms with Crippen molar-refractivity contribution in [1.29, 1.82) is 0 Å². The summed E-state index contributed by atoms with van der Waals surface area (Å²) in [6.45, 7) is 2.23. The number of carbonyl (C=O) groups excluding carboxylic acids is 1. The van der Waals surface area contributed by atoms with Crippen LogP contribution >= 0.6 is 0 Å². The van der Waals surface area contributed by atoms with Gasteiger partial charge in [-0.1, -0.05) is 30.3 Å². The number of nitrogens with two attached hydrogens (primary N) is 1. The van der Waals surface area contributed by atoms with Crippen LogP contribution in [-0.2, 0) is 16.1 Å². The van der Waals surface area contributed by atoms with Crippen molar-refractivity contribution in [2.75, 3.05) is 6.61 Å². The second-order valence-corrected chi connectivity index (χ2v) is 3.20. The summed E-state index contributed by atoms with van der Waals surface area (Å²) >= 11 is 0. The van der Waals surface area contributed by atoms with Crippen LogP contribution < -0.4 is 11.2 Å². The van der Waals surface area contributed by atoms with Gasteiger partial charge in [0.2, 0.25) is 0 Å². The van der Waals surface area contributed by atoms with Crippen molar-refractivity contribution in [2.45, 2.75) is 19.4 Å². The van der Waals surface area contributed by atoms with E-state index in [4.69, 9.17) is 10.6 Å². The summed E-state index contributed by atoms with van der Waals surface area (Å²) in [5.41, 5.74) is 9.02. The van der Waals surface area contributed by atoms with Gasteiger partial charge in [-0.05, 0) is 18.9 Å². The molecule has 15 heavy (non-hydrogen) atoms. The summed E-state index contributed by atoms with van der Waals surface area (Å²) in [5, 5.41) is 0. The van der Waals surface area contributed by atoms with E-state index in [1.807, 2.05) is 30.3 Å². The predicted molar refractivity (Wildman–Crippen MR) is 57.9 cm³/mol. The molecule has 4 heteroatoms. The van der Waals surface area contributed by atoms with E-state index in [0.29, 0.717) is 13.0 Å². The zero-order valence-electron chi connectivity index (χ0n) is 8.77. The molecule has 0 bridgehead atoms. The lowest BCUT2D eigenvalue weighted by molar-refractivity contribution is -0.134. The second kappa shape index (κ2) is 6.16. The Morgan fingerprint density at radius 2 is 2.13 bits per heavy atom. The summed E-state index contributed by atoms with van der Waals surface area (Å²) in [6.07, 6.45) is 0.514. The summed E-state index contributed by atoms with van der Waals surface area (Å²) in [5.74, 6) is -0.291. The smallest absolute Gasteiger partial charge is 0.260 e.